The number of hydrogen-bond acceptors (Lipinski definition) is 8. The number of aliphatic carboxylic acids is 1. The molecule has 1 saturated heterocycles. The highest BCUT2D eigenvalue weighted by Gasteiger charge is 2.54. The minimum Gasteiger partial charge on any atom is -0.477 e. The number of amides is 3. The van der Waals surface area contributed by atoms with Crippen LogP contribution in [0.4, 0.5) is 4.79 Å². The van der Waals surface area contributed by atoms with Crippen molar-refractivity contribution in [2.45, 2.75) is 57.7 Å². The lowest BCUT2D eigenvalue weighted by molar-refractivity contribution is -0.151. The Morgan fingerprint density at radius 2 is 1.80 bits per heavy atom. The fraction of sp³-hybridized carbons (Fsp3) is 0.435. The number of ether oxygens (including phenoxy) is 2. The summed E-state index contributed by atoms with van der Waals surface area (Å²) in [6, 6.07) is 3.74. The van der Waals surface area contributed by atoms with E-state index in [1.165, 1.54) is 47.9 Å². The van der Waals surface area contributed by atoms with Crippen molar-refractivity contribution < 1.29 is 38.6 Å². The van der Waals surface area contributed by atoms with Crippen LogP contribution in [-0.4, -0.2) is 62.6 Å². The Morgan fingerprint density at radius 3 is 2.34 bits per heavy atom. The van der Waals surface area contributed by atoms with Gasteiger partial charge in [0, 0.05) is 12.7 Å². The maximum atomic E-state index is 13.2. The third-order valence-electron chi connectivity index (χ3n) is 5.06. The first-order valence-electron chi connectivity index (χ1n) is 10.7. The van der Waals surface area contributed by atoms with E-state index in [2.05, 4.69) is 10.6 Å². The lowest BCUT2D eigenvalue weighted by Gasteiger charge is -2.49. The van der Waals surface area contributed by atoms with E-state index in [0.717, 1.165) is 0 Å². The second kappa shape index (κ2) is 9.98. The number of nitrogens with zero attached hydrogens (tertiary/aromatic N) is 1. The van der Waals surface area contributed by atoms with Gasteiger partial charge >= 0.3 is 18.0 Å². The van der Waals surface area contributed by atoms with Crippen molar-refractivity contribution in [1.82, 2.24) is 15.5 Å². The van der Waals surface area contributed by atoms with E-state index in [1.807, 2.05) is 0 Å². The molecule has 0 spiro atoms. The second-order valence-corrected chi connectivity index (χ2v) is 10.2. The summed E-state index contributed by atoms with van der Waals surface area (Å²) in [6.07, 6.45) is -0.845. The zero-order valence-electron chi connectivity index (χ0n) is 19.9. The molecule has 1 fully saturated rings. The highest BCUT2D eigenvalue weighted by Crippen LogP contribution is 2.40. The van der Waals surface area contributed by atoms with Gasteiger partial charge in [-0.25, -0.2) is 9.59 Å². The van der Waals surface area contributed by atoms with Crippen molar-refractivity contribution in [2.24, 2.45) is 0 Å². The normalized spacial score (nSPS) is 20.3. The Bertz CT molecular complexity index is 1090. The number of rotatable bonds is 6. The number of thioether (sulfide) groups is 1. The number of esters is 1. The van der Waals surface area contributed by atoms with Gasteiger partial charge in [-0.1, -0.05) is 12.1 Å². The summed E-state index contributed by atoms with van der Waals surface area (Å²) in [5.74, 6) is -2.29. The minimum atomic E-state index is -1.23. The van der Waals surface area contributed by atoms with Gasteiger partial charge in [-0.05, 0) is 51.0 Å². The molecule has 1 aromatic rings. The van der Waals surface area contributed by atoms with Gasteiger partial charge in [0.1, 0.15) is 34.5 Å². The third kappa shape index (κ3) is 5.94. The summed E-state index contributed by atoms with van der Waals surface area (Å²) in [4.78, 5) is 62.4. The standard InChI is InChI=1S/C23H27N3O8S/c1-11-10-35-20-16(19(29)26(20)17(11)21(30)31)24-18(28)15(25-22(32)34-23(3,4)5)13-6-8-14(9-7-13)33-12(2)27/h6-9,15-16,20H,10H2,1-5H3,(H,24,28)(H,25,32)(H,30,31)/t15-,16-,20-/m1/s1. The minimum absolute atomic E-state index is 0.0752. The van der Waals surface area contributed by atoms with E-state index in [1.54, 1.807) is 27.7 Å². The first-order chi connectivity index (χ1) is 16.3. The SMILES string of the molecule is CC(=O)Oc1ccc([C@@H](NC(=O)OC(C)(C)C)C(=O)N[C@@H]2C(=O)N3C(C(=O)O)=C(C)CS[C@H]23)cc1. The van der Waals surface area contributed by atoms with Gasteiger partial charge in [-0.3, -0.25) is 19.3 Å². The molecule has 0 bridgehead atoms. The number of hydrogen-bond donors (Lipinski definition) is 3. The molecule has 0 radical (unpaired) electrons. The average Bonchev–Trinajstić information content (AvgIpc) is 2.74. The lowest BCUT2D eigenvalue weighted by Crippen LogP contribution is -2.71. The number of carboxylic acids is 1. The van der Waals surface area contributed by atoms with Crippen molar-refractivity contribution in [2.75, 3.05) is 5.75 Å². The molecule has 2 aliphatic heterocycles. The van der Waals surface area contributed by atoms with Gasteiger partial charge in [0.25, 0.3) is 5.91 Å². The van der Waals surface area contributed by atoms with Crippen LogP contribution in [0.15, 0.2) is 35.5 Å². The smallest absolute Gasteiger partial charge is 0.408 e. The number of carboxylic acid groups (broad SMARTS) is 1. The molecule has 35 heavy (non-hydrogen) atoms. The molecule has 3 atom stereocenters. The highest BCUT2D eigenvalue weighted by atomic mass is 32.2. The largest absolute Gasteiger partial charge is 0.477 e. The van der Waals surface area contributed by atoms with Crippen LogP contribution in [0.1, 0.15) is 46.2 Å². The van der Waals surface area contributed by atoms with Gasteiger partial charge < -0.3 is 25.2 Å². The first-order valence-corrected chi connectivity index (χ1v) is 11.8. The quantitative estimate of drug-likeness (QED) is 0.299. The number of carbonyl (C=O) groups is 5. The molecule has 3 rings (SSSR count). The summed E-state index contributed by atoms with van der Waals surface area (Å²) < 4.78 is 10.3. The van der Waals surface area contributed by atoms with Crippen LogP contribution in [-0.2, 0) is 23.9 Å². The summed E-state index contributed by atoms with van der Waals surface area (Å²) >= 11 is 1.34. The zero-order chi connectivity index (χ0) is 26.1. The predicted octanol–water partition coefficient (Wildman–Crippen LogP) is 1.94. The number of β-lactam (4-membered cyclic amide) rings is 1. The topological polar surface area (TPSA) is 151 Å². The fourth-order valence-corrected chi connectivity index (χ4v) is 4.92. The van der Waals surface area contributed by atoms with Crippen LogP contribution in [0, 0.1) is 0 Å². The van der Waals surface area contributed by atoms with E-state index in [0.29, 0.717) is 16.9 Å². The molecule has 12 heteroatoms. The molecule has 1 aromatic carbocycles. The molecular formula is C23H27N3O8S. The van der Waals surface area contributed by atoms with Gasteiger partial charge in [0.2, 0.25) is 5.91 Å². The fourth-order valence-electron chi connectivity index (χ4n) is 3.63. The molecule has 2 aliphatic rings. The Hall–Kier alpha value is -3.54. The predicted molar refractivity (Wildman–Crippen MR) is 125 cm³/mol. The van der Waals surface area contributed by atoms with Gasteiger partial charge in [0.15, 0.2) is 0 Å². The van der Waals surface area contributed by atoms with Crippen LogP contribution in [0.25, 0.3) is 0 Å². The number of carbonyl (C=O) groups excluding carboxylic acids is 4. The van der Waals surface area contributed by atoms with Crippen LogP contribution >= 0.6 is 11.8 Å². The average molecular weight is 506 g/mol. The maximum Gasteiger partial charge on any atom is 0.408 e. The Balaban J connectivity index is 1.80. The molecule has 3 N–H and O–H groups in total. The highest BCUT2D eigenvalue weighted by molar-refractivity contribution is 8.00. The third-order valence-corrected chi connectivity index (χ3v) is 6.48. The van der Waals surface area contributed by atoms with Gasteiger partial charge in [-0.2, -0.15) is 0 Å². The first kappa shape index (κ1) is 26.1. The van der Waals surface area contributed by atoms with Crippen LogP contribution in [0.2, 0.25) is 0 Å². The molecule has 0 aliphatic carbocycles. The van der Waals surface area contributed by atoms with E-state index < -0.39 is 52.9 Å². The van der Waals surface area contributed by atoms with Crippen molar-refractivity contribution in [3.05, 3.63) is 41.1 Å². The summed E-state index contributed by atoms with van der Waals surface area (Å²) in [5, 5.41) is 14.0. The molecule has 2 heterocycles. The molecule has 188 valence electrons. The summed E-state index contributed by atoms with van der Waals surface area (Å²) in [6.45, 7) is 7.92. The molecule has 0 unspecified atom stereocenters. The van der Waals surface area contributed by atoms with Crippen molar-refractivity contribution in [3.63, 3.8) is 0 Å². The van der Waals surface area contributed by atoms with E-state index in [4.69, 9.17) is 9.47 Å². The zero-order valence-corrected chi connectivity index (χ0v) is 20.7. The van der Waals surface area contributed by atoms with E-state index >= 15 is 0 Å². The molecule has 0 aromatic heterocycles. The maximum absolute atomic E-state index is 13.2. The number of fused-ring (bicyclic) bond motifs is 1. The Kier molecular flexibility index (Phi) is 7.44. The van der Waals surface area contributed by atoms with Crippen molar-refractivity contribution in [3.8, 4) is 5.75 Å². The second-order valence-electron chi connectivity index (χ2n) is 9.07. The summed E-state index contributed by atoms with van der Waals surface area (Å²) in [5.41, 5.74) is 0.0272. The number of benzene rings is 1. The number of alkyl carbamates (subject to hydrolysis) is 1. The van der Waals surface area contributed by atoms with E-state index in [9.17, 15) is 29.1 Å². The Morgan fingerprint density at radius 1 is 1.17 bits per heavy atom. The monoisotopic (exact) mass is 505 g/mol. The van der Waals surface area contributed by atoms with Crippen molar-refractivity contribution >= 4 is 41.6 Å². The van der Waals surface area contributed by atoms with Crippen LogP contribution < -0.4 is 15.4 Å². The molecular weight excluding hydrogens is 478 g/mol. The van der Waals surface area contributed by atoms with E-state index in [-0.39, 0.29) is 11.4 Å². The van der Waals surface area contributed by atoms with Crippen LogP contribution in [0.3, 0.4) is 0 Å². The molecule has 3 amide bonds. The molecule has 0 saturated carbocycles. The van der Waals surface area contributed by atoms with Gasteiger partial charge in [0.05, 0.1) is 0 Å². The van der Waals surface area contributed by atoms with Gasteiger partial charge in [-0.15, -0.1) is 11.8 Å². The Labute approximate surface area is 206 Å². The lowest BCUT2D eigenvalue weighted by atomic mass is 10.0. The van der Waals surface area contributed by atoms with Crippen molar-refractivity contribution in [1.29, 1.82) is 0 Å². The number of nitrogens with one attached hydrogen (secondary N) is 2. The molecule has 11 nitrogen and oxygen atoms in total. The van der Waals surface area contributed by atoms with Crippen LogP contribution in [0.5, 0.6) is 5.75 Å². The summed E-state index contributed by atoms with van der Waals surface area (Å²) in [7, 11) is 0.